The third kappa shape index (κ3) is 2.43. The van der Waals surface area contributed by atoms with Crippen molar-refractivity contribution in [1.29, 1.82) is 0 Å². The molecule has 0 aliphatic carbocycles. The van der Waals surface area contributed by atoms with Gasteiger partial charge in [0.2, 0.25) is 6.29 Å². The second-order valence-electron chi connectivity index (χ2n) is 2.29. The minimum Gasteiger partial charge on any atom is -0.473 e. The van der Waals surface area contributed by atoms with Crippen molar-refractivity contribution in [2.24, 2.45) is 0 Å². The predicted molar refractivity (Wildman–Crippen MR) is 38.5 cm³/mol. The number of ether oxygens (including phenoxy) is 3. The molecular formula is C7H10O5. The SMILES string of the molecule is COC1CC(OC(=O)O)C=CO1. The van der Waals surface area contributed by atoms with Gasteiger partial charge in [-0.15, -0.1) is 0 Å². The molecule has 1 aliphatic heterocycles. The molecule has 68 valence electrons. The molecule has 5 nitrogen and oxygen atoms in total. The van der Waals surface area contributed by atoms with E-state index < -0.39 is 18.5 Å². The Labute approximate surface area is 69.5 Å². The summed E-state index contributed by atoms with van der Waals surface area (Å²) in [5.74, 6) is 0. The van der Waals surface area contributed by atoms with Crippen LogP contribution in [-0.2, 0) is 14.2 Å². The molecule has 0 saturated carbocycles. The fourth-order valence-corrected chi connectivity index (χ4v) is 0.913. The minimum atomic E-state index is -1.29. The molecule has 0 amide bonds. The van der Waals surface area contributed by atoms with Crippen molar-refractivity contribution in [2.45, 2.75) is 18.8 Å². The lowest BCUT2D eigenvalue weighted by Crippen LogP contribution is -2.27. The molecule has 2 atom stereocenters. The number of carbonyl (C=O) groups is 1. The lowest BCUT2D eigenvalue weighted by atomic mass is 10.2. The summed E-state index contributed by atoms with van der Waals surface area (Å²) in [4.78, 5) is 10.1. The molecule has 1 N–H and O–H groups in total. The van der Waals surface area contributed by atoms with Crippen molar-refractivity contribution in [3.05, 3.63) is 12.3 Å². The second-order valence-corrected chi connectivity index (χ2v) is 2.29. The maximum atomic E-state index is 10.1. The Kier molecular flexibility index (Phi) is 2.93. The zero-order valence-electron chi connectivity index (χ0n) is 6.60. The fourth-order valence-electron chi connectivity index (χ4n) is 0.913. The highest BCUT2D eigenvalue weighted by Crippen LogP contribution is 2.14. The summed E-state index contributed by atoms with van der Waals surface area (Å²) in [5.41, 5.74) is 0. The van der Waals surface area contributed by atoms with Gasteiger partial charge in [0.05, 0.1) is 12.7 Å². The number of carboxylic acid groups (broad SMARTS) is 1. The largest absolute Gasteiger partial charge is 0.506 e. The molecule has 0 radical (unpaired) electrons. The summed E-state index contributed by atoms with van der Waals surface area (Å²) in [5, 5.41) is 8.29. The standard InChI is InChI=1S/C7H10O5/c1-10-6-4-5(2-3-11-6)12-7(8)9/h2-3,5-6H,4H2,1H3,(H,8,9). The van der Waals surface area contributed by atoms with E-state index in [2.05, 4.69) is 4.74 Å². The van der Waals surface area contributed by atoms with Crippen molar-refractivity contribution in [3.63, 3.8) is 0 Å². The van der Waals surface area contributed by atoms with E-state index in [1.165, 1.54) is 19.4 Å². The fraction of sp³-hybridized carbons (Fsp3) is 0.571. The number of rotatable bonds is 2. The molecule has 0 spiro atoms. The van der Waals surface area contributed by atoms with Crippen molar-refractivity contribution < 1.29 is 24.1 Å². The van der Waals surface area contributed by atoms with Gasteiger partial charge in [-0.2, -0.15) is 0 Å². The van der Waals surface area contributed by atoms with Crippen molar-refractivity contribution in [3.8, 4) is 0 Å². The van der Waals surface area contributed by atoms with Gasteiger partial charge in [-0.05, 0) is 6.08 Å². The van der Waals surface area contributed by atoms with Crippen molar-refractivity contribution >= 4 is 6.16 Å². The average molecular weight is 174 g/mol. The van der Waals surface area contributed by atoms with Crippen LogP contribution < -0.4 is 0 Å². The van der Waals surface area contributed by atoms with E-state index in [0.29, 0.717) is 6.42 Å². The normalized spacial score (nSPS) is 27.8. The highest BCUT2D eigenvalue weighted by molar-refractivity contribution is 5.57. The highest BCUT2D eigenvalue weighted by atomic mass is 16.7. The molecule has 1 heterocycles. The van der Waals surface area contributed by atoms with Crippen LogP contribution in [0.1, 0.15) is 6.42 Å². The van der Waals surface area contributed by atoms with Crippen molar-refractivity contribution in [2.75, 3.05) is 7.11 Å². The first-order valence-electron chi connectivity index (χ1n) is 3.47. The predicted octanol–water partition coefficient (Wildman–Crippen LogP) is 0.956. The lowest BCUT2D eigenvalue weighted by Gasteiger charge is -2.22. The van der Waals surface area contributed by atoms with Crippen molar-refractivity contribution in [1.82, 2.24) is 0 Å². The van der Waals surface area contributed by atoms with Gasteiger partial charge in [-0.25, -0.2) is 4.79 Å². The first kappa shape index (κ1) is 8.86. The van der Waals surface area contributed by atoms with Gasteiger partial charge in [0.1, 0.15) is 6.10 Å². The summed E-state index contributed by atoms with van der Waals surface area (Å²) in [6, 6.07) is 0. The number of hydrogen-bond donors (Lipinski definition) is 1. The van der Waals surface area contributed by atoms with Crippen LogP contribution in [-0.4, -0.2) is 30.8 Å². The van der Waals surface area contributed by atoms with Gasteiger partial charge in [0, 0.05) is 7.11 Å². The Morgan fingerprint density at radius 3 is 3.08 bits per heavy atom. The summed E-state index contributed by atoms with van der Waals surface area (Å²) in [6.45, 7) is 0. The van der Waals surface area contributed by atoms with Gasteiger partial charge < -0.3 is 19.3 Å². The molecule has 1 aliphatic rings. The van der Waals surface area contributed by atoms with Crippen LogP contribution >= 0.6 is 0 Å². The monoisotopic (exact) mass is 174 g/mol. The number of hydrogen-bond acceptors (Lipinski definition) is 4. The van der Waals surface area contributed by atoms with Gasteiger partial charge >= 0.3 is 6.16 Å². The second kappa shape index (κ2) is 3.96. The molecule has 0 aromatic rings. The van der Waals surface area contributed by atoms with Crippen LogP contribution in [0.3, 0.4) is 0 Å². The van der Waals surface area contributed by atoms with E-state index >= 15 is 0 Å². The first-order valence-corrected chi connectivity index (χ1v) is 3.47. The molecule has 12 heavy (non-hydrogen) atoms. The van der Waals surface area contributed by atoms with Gasteiger partial charge in [-0.3, -0.25) is 0 Å². The summed E-state index contributed by atoms with van der Waals surface area (Å²) < 4.78 is 14.3. The topological polar surface area (TPSA) is 65.0 Å². The van der Waals surface area contributed by atoms with Crippen LogP contribution in [0.15, 0.2) is 12.3 Å². The minimum absolute atomic E-state index is 0.388. The summed E-state index contributed by atoms with van der Waals surface area (Å²) >= 11 is 0. The molecular weight excluding hydrogens is 164 g/mol. The molecule has 5 heteroatoms. The Morgan fingerprint density at radius 1 is 1.75 bits per heavy atom. The Balaban J connectivity index is 2.40. The quantitative estimate of drug-likeness (QED) is 0.631. The molecule has 0 aromatic heterocycles. The summed E-state index contributed by atoms with van der Waals surface area (Å²) in [6.07, 6.45) is 1.12. The Morgan fingerprint density at radius 2 is 2.50 bits per heavy atom. The van der Waals surface area contributed by atoms with E-state index in [-0.39, 0.29) is 0 Å². The maximum absolute atomic E-state index is 10.1. The summed E-state index contributed by atoms with van der Waals surface area (Å²) in [7, 11) is 1.49. The molecule has 0 saturated heterocycles. The van der Waals surface area contributed by atoms with Crippen LogP contribution in [0.4, 0.5) is 4.79 Å². The molecule has 1 rings (SSSR count). The van der Waals surface area contributed by atoms with E-state index in [1.807, 2.05) is 0 Å². The van der Waals surface area contributed by atoms with Crippen LogP contribution in [0.2, 0.25) is 0 Å². The van der Waals surface area contributed by atoms with Crippen LogP contribution in [0, 0.1) is 0 Å². The van der Waals surface area contributed by atoms with Crippen LogP contribution in [0.5, 0.6) is 0 Å². The van der Waals surface area contributed by atoms with E-state index in [9.17, 15) is 4.79 Å². The van der Waals surface area contributed by atoms with E-state index in [4.69, 9.17) is 14.6 Å². The zero-order chi connectivity index (χ0) is 8.97. The highest BCUT2D eigenvalue weighted by Gasteiger charge is 2.21. The Hall–Kier alpha value is -1.23. The molecule has 0 bridgehead atoms. The third-order valence-electron chi connectivity index (χ3n) is 1.46. The maximum Gasteiger partial charge on any atom is 0.506 e. The van der Waals surface area contributed by atoms with E-state index in [0.717, 1.165) is 0 Å². The van der Waals surface area contributed by atoms with Crippen LogP contribution in [0.25, 0.3) is 0 Å². The van der Waals surface area contributed by atoms with Gasteiger partial charge in [-0.1, -0.05) is 0 Å². The molecule has 0 fully saturated rings. The average Bonchev–Trinajstić information content (AvgIpc) is 2.03. The third-order valence-corrected chi connectivity index (χ3v) is 1.46. The van der Waals surface area contributed by atoms with E-state index in [1.54, 1.807) is 0 Å². The van der Waals surface area contributed by atoms with Gasteiger partial charge in [0.15, 0.2) is 0 Å². The zero-order valence-corrected chi connectivity index (χ0v) is 6.60. The Bertz CT molecular complexity index is 188. The number of methoxy groups -OCH3 is 1. The smallest absolute Gasteiger partial charge is 0.473 e. The van der Waals surface area contributed by atoms with Gasteiger partial charge in [0.25, 0.3) is 0 Å². The molecule has 0 aromatic carbocycles. The molecule has 2 unspecified atom stereocenters. The lowest BCUT2D eigenvalue weighted by molar-refractivity contribution is -0.113. The first-order chi connectivity index (χ1) is 5.72.